The summed E-state index contributed by atoms with van der Waals surface area (Å²) in [7, 11) is 0. The molecule has 5 rings (SSSR count). The average Bonchev–Trinajstić information content (AvgIpc) is 2.97. The molecule has 29 heavy (non-hydrogen) atoms. The first-order valence-electron chi connectivity index (χ1n) is 9.46. The van der Waals surface area contributed by atoms with Gasteiger partial charge in [0.1, 0.15) is 23.1 Å². The Labute approximate surface area is 181 Å². The number of fused-ring (bicyclic) bond motifs is 2. The van der Waals surface area contributed by atoms with Crippen LogP contribution in [-0.4, -0.2) is 38.8 Å². The van der Waals surface area contributed by atoms with Crippen LogP contribution in [0.15, 0.2) is 54.7 Å². The lowest BCUT2D eigenvalue weighted by molar-refractivity contribution is 0.189. The molecular weight excluding hydrogens is 409 g/mol. The molecule has 0 saturated carbocycles. The highest BCUT2D eigenvalue weighted by Gasteiger charge is 2.16. The van der Waals surface area contributed by atoms with Gasteiger partial charge in [-0.05, 0) is 56.6 Å². The summed E-state index contributed by atoms with van der Waals surface area (Å²) in [6.45, 7) is 2.07. The van der Waals surface area contributed by atoms with Crippen LogP contribution in [0, 0.1) is 0 Å². The van der Waals surface area contributed by atoms with Crippen molar-refractivity contribution in [2.24, 2.45) is 0 Å². The van der Waals surface area contributed by atoms with Gasteiger partial charge in [0.2, 0.25) is 0 Å². The summed E-state index contributed by atoms with van der Waals surface area (Å²) in [4.78, 5) is 4.89. The summed E-state index contributed by atoms with van der Waals surface area (Å²) in [5.74, 6) is 1.58. The van der Waals surface area contributed by atoms with Crippen LogP contribution in [0.5, 0.6) is 5.75 Å². The number of hydrogen-bond donors (Lipinski definition) is 1. The van der Waals surface area contributed by atoms with Gasteiger partial charge in [-0.3, -0.25) is 4.40 Å². The van der Waals surface area contributed by atoms with Crippen LogP contribution < -0.4 is 10.1 Å². The van der Waals surface area contributed by atoms with E-state index in [1.807, 2.05) is 47.0 Å². The highest BCUT2D eigenvalue weighted by atomic mass is 35.5. The second kappa shape index (κ2) is 9.39. The monoisotopic (exact) mass is 431 g/mol. The SMILES string of the molecule is Cl.Cl.c1cc(OC2CCCNCC2)c2nc(-c3nnc4ccccn34)ccc2c1. The van der Waals surface area contributed by atoms with E-state index in [1.54, 1.807) is 0 Å². The molecule has 4 heterocycles. The summed E-state index contributed by atoms with van der Waals surface area (Å²) < 4.78 is 8.32. The van der Waals surface area contributed by atoms with E-state index >= 15 is 0 Å². The number of ether oxygens (including phenoxy) is 1. The van der Waals surface area contributed by atoms with E-state index in [-0.39, 0.29) is 30.9 Å². The number of nitrogens with zero attached hydrogens (tertiary/aromatic N) is 4. The van der Waals surface area contributed by atoms with Gasteiger partial charge in [0.25, 0.3) is 0 Å². The maximum atomic E-state index is 6.36. The predicted molar refractivity (Wildman–Crippen MR) is 119 cm³/mol. The normalized spacial score (nSPS) is 16.6. The van der Waals surface area contributed by atoms with Gasteiger partial charge in [0.05, 0.1) is 0 Å². The number of aromatic nitrogens is 4. The van der Waals surface area contributed by atoms with Gasteiger partial charge in [0.15, 0.2) is 11.5 Å². The molecule has 1 aliphatic rings. The van der Waals surface area contributed by atoms with E-state index in [0.717, 1.165) is 66.2 Å². The van der Waals surface area contributed by atoms with Crippen LogP contribution in [0.3, 0.4) is 0 Å². The molecular formula is C21H23Cl2N5O. The molecule has 0 amide bonds. The van der Waals surface area contributed by atoms with Crippen molar-refractivity contribution in [1.29, 1.82) is 0 Å². The Morgan fingerprint density at radius 3 is 2.79 bits per heavy atom. The molecule has 1 unspecified atom stereocenters. The van der Waals surface area contributed by atoms with Crippen LogP contribution in [0.25, 0.3) is 28.1 Å². The Kier molecular flexibility index (Phi) is 6.90. The molecule has 8 heteroatoms. The lowest BCUT2D eigenvalue weighted by Crippen LogP contribution is -2.19. The summed E-state index contributed by atoms with van der Waals surface area (Å²) in [5, 5.41) is 13.1. The summed E-state index contributed by atoms with van der Waals surface area (Å²) in [6.07, 6.45) is 5.41. The molecule has 6 nitrogen and oxygen atoms in total. The first-order valence-corrected chi connectivity index (χ1v) is 9.46. The number of halogens is 2. The zero-order valence-electron chi connectivity index (χ0n) is 15.8. The lowest BCUT2D eigenvalue weighted by atomic mass is 10.1. The fraction of sp³-hybridized carbons (Fsp3) is 0.286. The van der Waals surface area contributed by atoms with Gasteiger partial charge in [-0.15, -0.1) is 35.0 Å². The zero-order chi connectivity index (χ0) is 18.1. The predicted octanol–water partition coefficient (Wildman–Crippen LogP) is 4.31. The van der Waals surface area contributed by atoms with E-state index in [0.29, 0.717) is 0 Å². The number of hydrogen-bond acceptors (Lipinski definition) is 5. The smallest absolute Gasteiger partial charge is 0.187 e. The van der Waals surface area contributed by atoms with Crippen LogP contribution >= 0.6 is 24.8 Å². The van der Waals surface area contributed by atoms with Crippen molar-refractivity contribution < 1.29 is 4.74 Å². The van der Waals surface area contributed by atoms with Crippen molar-refractivity contribution in [2.75, 3.05) is 13.1 Å². The van der Waals surface area contributed by atoms with Gasteiger partial charge in [-0.2, -0.15) is 0 Å². The Hall–Kier alpha value is -2.41. The van der Waals surface area contributed by atoms with Crippen molar-refractivity contribution >= 4 is 41.4 Å². The molecule has 1 N–H and O–H groups in total. The van der Waals surface area contributed by atoms with Gasteiger partial charge >= 0.3 is 0 Å². The van der Waals surface area contributed by atoms with Crippen molar-refractivity contribution in [3.63, 3.8) is 0 Å². The number of para-hydroxylation sites is 1. The van der Waals surface area contributed by atoms with Crippen LogP contribution in [0.2, 0.25) is 0 Å². The summed E-state index contributed by atoms with van der Waals surface area (Å²) in [6, 6.07) is 16.0. The quantitative estimate of drug-likeness (QED) is 0.523. The molecule has 0 bridgehead atoms. The van der Waals surface area contributed by atoms with Crippen molar-refractivity contribution in [3.8, 4) is 17.3 Å². The Bertz CT molecular complexity index is 1090. The summed E-state index contributed by atoms with van der Waals surface area (Å²) in [5.41, 5.74) is 2.48. The standard InChI is InChI=1S/C21H21N5O.2ClH/c1-2-14-26-19(8-1)24-25-21(26)17-10-9-15-5-3-7-18(20(15)23-17)27-16-6-4-12-22-13-11-16;;/h1-3,5,7-10,14,16,22H,4,6,11-13H2;2*1H. The Balaban J connectivity index is 0.00000120. The van der Waals surface area contributed by atoms with E-state index < -0.39 is 0 Å². The topological polar surface area (TPSA) is 64.3 Å². The first kappa shape index (κ1) is 21.3. The van der Waals surface area contributed by atoms with Crippen LogP contribution in [0.1, 0.15) is 19.3 Å². The van der Waals surface area contributed by atoms with Gasteiger partial charge < -0.3 is 10.1 Å². The minimum Gasteiger partial charge on any atom is -0.488 e. The minimum atomic E-state index is 0. The summed E-state index contributed by atoms with van der Waals surface area (Å²) >= 11 is 0. The Morgan fingerprint density at radius 2 is 1.86 bits per heavy atom. The minimum absolute atomic E-state index is 0. The van der Waals surface area contributed by atoms with Gasteiger partial charge in [-0.25, -0.2) is 4.98 Å². The third kappa shape index (κ3) is 4.29. The molecule has 4 aromatic rings. The highest BCUT2D eigenvalue weighted by molar-refractivity contribution is 5.86. The second-order valence-corrected chi connectivity index (χ2v) is 6.90. The largest absolute Gasteiger partial charge is 0.488 e. The van der Waals surface area contributed by atoms with Gasteiger partial charge in [-0.1, -0.05) is 24.3 Å². The third-order valence-electron chi connectivity index (χ3n) is 5.04. The van der Waals surface area contributed by atoms with E-state index in [4.69, 9.17) is 9.72 Å². The third-order valence-corrected chi connectivity index (χ3v) is 5.04. The maximum absolute atomic E-state index is 6.36. The van der Waals surface area contributed by atoms with E-state index in [9.17, 15) is 0 Å². The molecule has 1 saturated heterocycles. The van der Waals surface area contributed by atoms with Gasteiger partial charge in [0, 0.05) is 11.6 Å². The highest BCUT2D eigenvalue weighted by Crippen LogP contribution is 2.29. The van der Waals surface area contributed by atoms with Crippen LogP contribution in [0.4, 0.5) is 0 Å². The van der Waals surface area contributed by atoms with E-state index in [1.165, 1.54) is 0 Å². The maximum Gasteiger partial charge on any atom is 0.187 e. The molecule has 152 valence electrons. The first-order chi connectivity index (χ1) is 13.4. The molecule has 0 radical (unpaired) electrons. The number of benzene rings is 1. The average molecular weight is 432 g/mol. The zero-order valence-corrected chi connectivity index (χ0v) is 17.5. The van der Waals surface area contributed by atoms with Crippen LogP contribution in [-0.2, 0) is 0 Å². The number of nitrogens with one attached hydrogen (secondary N) is 1. The number of rotatable bonds is 3. The fourth-order valence-electron chi connectivity index (χ4n) is 3.64. The number of pyridine rings is 2. The molecule has 1 aromatic carbocycles. The molecule has 0 aliphatic carbocycles. The molecule has 1 fully saturated rings. The van der Waals surface area contributed by atoms with E-state index in [2.05, 4.69) is 27.6 Å². The fourth-order valence-corrected chi connectivity index (χ4v) is 3.64. The lowest BCUT2D eigenvalue weighted by Gasteiger charge is -2.18. The van der Waals surface area contributed by atoms with Crippen molar-refractivity contribution in [2.45, 2.75) is 25.4 Å². The molecule has 1 atom stereocenters. The van der Waals surface area contributed by atoms with Crippen molar-refractivity contribution in [3.05, 3.63) is 54.7 Å². The second-order valence-electron chi connectivity index (χ2n) is 6.90. The molecule has 0 spiro atoms. The molecule has 1 aliphatic heterocycles. The molecule has 3 aromatic heterocycles. The van der Waals surface area contributed by atoms with Crippen molar-refractivity contribution in [1.82, 2.24) is 24.9 Å². The Morgan fingerprint density at radius 1 is 0.931 bits per heavy atom.